The van der Waals surface area contributed by atoms with Gasteiger partial charge in [-0.2, -0.15) is 0 Å². The van der Waals surface area contributed by atoms with Crippen molar-refractivity contribution in [1.29, 1.82) is 0 Å². The van der Waals surface area contributed by atoms with E-state index in [1.165, 1.54) is 0 Å². The van der Waals surface area contributed by atoms with Gasteiger partial charge in [-0.15, -0.1) is 0 Å². The van der Waals surface area contributed by atoms with Gasteiger partial charge >= 0.3 is 0 Å². The molecule has 2 aromatic rings. The summed E-state index contributed by atoms with van der Waals surface area (Å²) in [5.41, 5.74) is 1.95. The lowest BCUT2D eigenvalue weighted by atomic mass is 9.92. The fourth-order valence-corrected chi connectivity index (χ4v) is 5.72. The van der Waals surface area contributed by atoms with Crippen molar-refractivity contribution in [2.45, 2.75) is 77.9 Å². The van der Waals surface area contributed by atoms with Gasteiger partial charge in [0.05, 0.1) is 0 Å². The molecular formula is C31H43N3O3. The molecule has 0 N–H and O–H groups in total. The lowest BCUT2D eigenvalue weighted by Gasteiger charge is -2.44. The number of anilines is 1. The van der Waals surface area contributed by atoms with E-state index >= 15 is 0 Å². The Morgan fingerprint density at radius 1 is 0.946 bits per heavy atom. The number of para-hydroxylation sites is 2. The van der Waals surface area contributed by atoms with E-state index in [4.69, 9.17) is 4.74 Å². The molecule has 2 aliphatic rings. The first-order valence-electron chi connectivity index (χ1n) is 14.1. The van der Waals surface area contributed by atoms with Crippen molar-refractivity contribution < 1.29 is 14.3 Å². The quantitative estimate of drug-likeness (QED) is 0.498. The van der Waals surface area contributed by atoms with E-state index in [2.05, 4.69) is 24.8 Å². The van der Waals surface area contributed by atoms with Crippen LogP contribution < -0.4 is 9.64 Å². The molecule has 0 saturated carbocycles. The molecule has 200 valence electrons. The number of amides is 2. The molecule has 4 rings (SSSR count). The molecule has 0 radical (unpaired) electrons. The molecule has 2 aliphatic heterocycles. The summed E-state index contributed by atoms with van der Waals surface area (Å²) in [6, 6.07) is 18.4. The summed E-state index contributed by atoms with van der Waals surface area (Å²) in [4.78, 5) is 33.4. The van der Waals surface area contributed by atoms with E-state index in [0.717, 1.165) is 49.9 Å². The summed E-state index contributed by atoms with van der Waals surface area (Å²) < 4.78 is 5.88. The number of hydrogen-bond acceptors (Lipinski definition) is 4. The zero-order valence-corrected chi connectivity index (χ0v) is 22.8. The monoisotopic (exact) mass is 505 g/mol. The maximum atomic E-state index is 13.6. The highest BCUT2D eigenvalue weighted by atomic mass is 16.5. The third-order valence-electron chi connectivity index (χ3n) is 7.80. The molecule has 2 heterocycles. The molecule has 6 nitrogen and oxygen atoms in total. The lowest BCUT2D eigenvalue weighted by Crippen LogP contribution is -2.53. The Bertz CT molecular complexity index is 1030. The van der Waals surface area contributed by atoms with Crippen molar-refractivity contribution in [2.24, 2.45) is 5.92 Å². The van der Waals surface area contributed by atoms with Crippen LogP contribution >= 0.6 is 0 Å². The Hall–Kier alpha value is -2.86. The first-order valence-corrected chi connectivity index (χ1v) is 14.1. The van der Waals surface area contributed by atoms with Crippen molar-refractivity contribution in [1.82, 2.24) is 9.80 Å². The van der Waals surface area contributed by atoms with Gasteiger partial charge in [0.1, 0.15) is 5.75 Å². The summed E-state index contributed by atoms with van der Waals surface area (Å²) in [5, 5.41) is 0. The van der Waals surface area contributed by atoms with E-state index in [1.54, 1.807) is 0 Å². The van der Waals surface area contributed by atoms with E-state index in [9.17, 15) is 9.59 Å². The molecule has 2 aromatic carbocycles. The number of hydrogen-bond donors (Lipinski definition) is 0. The van der Waals surface area contributed by atoms with Gasteiger partial charge in [0, 0.05) is 43.8 Å². The molecule has 1 fully saturated rings. The molecular weight excluding hydrogens is 462 g/mol. The van der Waals surface area contributed by atoms with Crippen LogP contribution in [0.1, 0.15) is 64.9 Å². The highest BCUT2D eigenvalue weighted by Crippen LogP contribution is 2.31. The van der Waals surface area contributed by atoms with Crippen LogP contribution in [0, 0.1) is 5.92 Å². The molecule has 6 heteroatoms. The maximum absolute atomic E-state index is 13.6. The molecule has 0 aliphatic carbocycles. The van der Waals surface area contributed by atoms with Crippen molar-refractivity contribution in [3.05, 3.63) is 60.2 Å². The number of piperidine rings is 1. The Morgan fingerprint density at radius 2 is 1.68 bits per heavy atom. The normalized spacial score (nSPS) is 20.8. The zero-order chi connectivity index (χ0) is 26.2. The van der Waals surface area contributed by atoms with Crippen molar-refractivity contribution >= 4 is 17.5 Å². The van der Waals surface area contributed by atoms with E-state index in [1.807, 2.05) is 65.3 Å². The first kappa shape index (κ1) is 27.2. The smallest absolute Gasteiger partial charge is 0.260 e. The third kappa shape index (κ3) is 7.13. The fourth-order valence-electron chi connectivity index (χ4n) is 5.72. The van der Waals surface area contributed by atoms with Crippen LogP contribution in [0.25, 0.3) is 0 Å². The highest BCUT2D eigenvalue weighted by molar-refractivity contribution is 5.94. The van der Waals surface area contributed by atoms with Crippen LogP contribution in [0.15, 0.2) is 54.6 Å². The van der Waals surface area contributed by atoms with Gasteiger partial charge < -0.3 is 14.5 Å². The predicted octanol–water partition coefficient (Wildman–Crippen LogP) is 5.51. The minimum atomic E-state index is -0.0165. The zero-order valence-electron chi connectivity index (χ0n) is 22.8. The van der Waals surface area contributed by atoms with Crippen molar-refractivity contribution in [3.63, 3.8) is 0 Å². The van der Waals surface area contributed by atoms with E-state index < -0.39 is 0 Å². The average Bonchev–Trinajstić information content (AvgIpc) is 2.92. The predicted molar refractivity (Wildman–Crippen MR) is 149 cm³/mol. The second kappa shape index (κ2) is 13.1. The van der Waals surface area contributed by atoms with Crippen molar-refractivity contribution in [3.8, 4) is 5.75 Å². The van der Waals surface area contributed by atoms with Gasteiger partial charge in [0.2, 0.25) is 5.91 Å². The number of carbonyl (C=O) groups excluding carboxylic acids is 2. The van der Waals surface area contributed by atoms with Crippen LogP contribution in [-0.4, -0.2) is 59.9 Å². The molecule has 2 atom stereocenters. The Morgan fingerprint density at radius 3 is 2.43 bits per heavy atom. The molecule has 0 spiro atoms. The summed E-state index contributed by atoms with van der Waals surface area (Å²) in [6.45, 7) is 9.38. The highest BCUT2D eigenvalue weighted by Gasteiger charge is 2.34. The average molecular weight is 506 g/mol. The van der Waals surface area contributed by atoms with Gasteiger partial charge in [-0.25, -0.2) is 0 Å². The van der Waals surface area contributed by atoms with Crippen LogP contribution in [-0.2, 0) is 16.1 Å². The summed E-state index contributed by atoms with van der Waals surface area (Å²) in [6.07, 6.45) is 5.96. The van der Waals surface area contributed by atoms with Gasteiger partial charge in [-0.3, -0.25) is 14.5 Å². The number of benzene rings is 2. The van der Waals surface area contributed by atoms with Crippen LogP contribution in [0.5, 0.6) is 5.75 Å². The Kier molecular flexibility index (Phi) is 9.62. The summed E-state index contributed by atoms with van der Waals surface area (Å²) >= 11 is 0. The van der Waals surface area contributed by atoms with Gasteiger partial charge in [0.25, 0.3) is 5.91 Å². The molecule has 2 amide bonds. The minimum absolute atomic E-state index is 0.00588. The Balaban J connectivity index is 1.66. The van der Waals surface area contributed by atoms with E-state index in [0.29, 0.717) is 49.8 Å². The van der Waals surface area contributed by atoms with Crippen LogP contribution in [0.3, 0.4) is 0 Å². The largest absolute Gasteiger partial charge is 0.484 e. The van der Waals surface area contributed by atoms with Gasteiger partial charge in [0.15, 0.2) is 6.61 Å². The summed E-state index contributed by atoms with van der Waals surface area (Å²) in [5.74, 6) is 1.44. The molecule has 2 unspecified atom stereocenters. The third-order valence-corrected chi connectivity index (χ3v) is 7.80. The summed E-state index contributed by atoms with van der Waals surface area (Å²) in [7, 11) is 0. The minimum Gasteiger partial charge on any atom is -0.484 e. The van der Waals surface area contributed by atoms with E-state index in [-0.39, 0.29) is 18.4 Å². The second-order valence-electron chi connectivity index (χ2n) is 10.9. The maximum Gasteiger partial charge on any atom is 0.260 e. The number of nitrogens with zero attached hydrogens (tertiary/aromatic N) is 3. The van der Waals surface area contributed by atoms with Gasteiger partial charge in [-0.05, 0) is 61.9 Å². The Labute approximate surface area is 222 Å². The number of fused-ring (bicyclic) bond motifs is 3. The van der Waals surface area contributed by atoms with Gasteiger partial charge in [-0.1, -0.05) is 63.6 Å². The number of ether oxygens (including phenoxy) is 1. The molecule has 1 saturated heterocycles. The number of rotatable bonds is 7. The lowest BCUT2D eigenvalue weighted by molar-refractivity contribution is -0.135. The molecule has 2 bridgehead atoms. The van der Waals surface area contributed by atoms with Crippen LogP contribution in [0.4, 0.5) is 5.69 Å². The fraction of sp³-hybridized carbons (Fsp3) is 0.548. The second-order valence-corrected chi connectivity index (χ2v) is 10.9. The van der Waals surface area contributed by atoms with Crippen LogP contribution in [0.2, 0.25) is 0 Å². The molecule has 37 heavy (non-hydrogen) atoms. The number of carbonyl (C=O) groups is 2. The first-order chi connectivity index (χ1) is 18.0. The van der Waals surface area contributed by atoms with Crippen molar-refractivity contribution in [2.75, 3.05) is 31.1 Å². The molecule has 0 aromatic heterocycles. The standard InChI is InChI=1S/C31H43N3O3/c1-4-30(35)34-20-18-26-12-10-13-27(33(26)19-17-24(2)3)22-32(21-25-11-8-9-16-29(25)34)31(36)23-37-28-14-6-5-7-15-28/h5-9,11,14-16,24,26-27H,4,10,12-13,17-23H2,1-3H3. The SMILES string of the molecule is CCC(=O)N1CCC2CCCC(CN(C(=O)COc3ccccc3)Cc3ccccc31)N2CCC(C)C. The topological polar surface area (TPSA) is 53.1 Å².